The lowest BCUT2D eigenvalue weighted by atomic mass is 10.1. The molecule has 1 fully saturated rings. The molecule has 0 N–H and O–H groups in total. The average Bonchev–Trinajstić information content (AvgIpc) is 2.83. The fourth-order valence-electron chi connectivity index (χ4n) is 1.95. The first-order valence-corrected chi connectivity index (χ1v) is 6.81. The summed E-state index contributed by atoms with van der Waals surface area (Å²) in [5, 5.41) is 0. The zero-order chi connectivity index (χ0) is 12.3. The van der Waals surface area contributed by atoms with Crippen molar-refractivity contribution < 1.29 is 9.53 Å². The molecule has 0 amide bonds. The summed E-state index contributed by atoms with van der Waals surface area (Å²) in [6, 6.07) is 8.10. The van der Waals surface area contributed by atoms with E-state index < -0.39 is 0 Å². The number of hydrogen-bond donors (Lipinski definition) is 0. The average molecular weight is 345 g/mol. The Morgan fingerprint density at radius 1 is 1.47 bits per heavy atom. The van der Waals surface area contributed by atoms with Gasteiger partial charge in [0.1, 0.15) is 0 Å². The zero-order valence-electron chi connectivity index (χ0n) is 9.86. The van der Waals surface area contributed by atoms with E-state index >= 15 is 0 Å². The van der Waals surface area contributed by atoms with E-state index in [2.05, 4.69) is 27.5 Å². The van der Waals surface area contributed by atoms with E-state index in [-0.39, 0.29) is 5.78 Å². The minimum absolute atomic E-state index is 0.177. The molecule has 0 bridgehead atoms. The number of carbonyl (C=O) groups is 1. The standard InChI is InChI=1S/C13H16INO2/c1-15(12-6-7-17-9-12)8-13(16)10-2-4-11(14)5-3-10/h2-5,12H,6-9H2,1H3. The molecule has 4 heteroatoms. The quantitative estimate of drug-likeness (QED) is 0.619. The molecule has 0 spiro atoms. The minimum atomic E-state index is 0.177. The fourth-order valence-corrected chi connectivity index (χ4v) is 2.31. The molecule has 0 radical (unpaired) electrons. The van der Waals surface area contributed by atoms with Crippen LogP contribution in [0.4, 0.5) is 0 Å². The predicted molar refractivity (Wildman–Crippen MR) is 75.3 cm³/mol. The van der Waals surface area contributed by atoms with Crippen LogP contribution >= 0.6 is 22.6 Å². The summed E-state index contributed by atoms with van der Waals surface area (Å²) in [5.74, 6) is 0.177. The molecule has 1 heterocycles. The maximum atomic E-state index is 12.0. The highest BCUT2D eigenvalue weighted by Crippen LogP contribution is 2.12. The van der Waals surface area contributed by atoms with Gasteiger partial charge in [0.2, 0.25) is 0 Å². The molecule has 1 aliphatic heterocycles. The van der Waals surface area contributed by atoms with Crippen LogP contribution in [-0.4, -0.2) is 43.5 Å². The highest BCUT2D eigenvalue weighted by molar-refractivity contribution is 14.1. The van der Waals surface area contributed by atoms with E-state index in [9.17, 15) is 4.79 Å². The summed E-state index contributed by atoms with van der Waals surface area (Å²) in [7, 11) is 1.99. The SMILES string of the molecule is CN(CC(=O)c1ccc(I)cc1)C1CCOC1. The van der Waals surface area contributed by atoms with E-state index in [1.807, 2.05) is 31.3 Å². The van der Waals surface area contributed by atoms with Crippen LogP contribution in [0.1, 0.15) is 16.8 Å². The fraction of sp³-hybridized carbons (Fsp3) is 0.462. The number of halogens is 1. The second kappa shape index (κ2) is 5.93. The van der Waals surface area contributed by atoms with Crippen LogP contribution in [0.5, 0.6) is 0 Å². The van der Waals surface area contributed by atoms with Crippen molar-refractivity contribution in [1.29, 1.82) is 0 Å². The minimum Gasteiger partial charge on any atom is -0.380 e. The Morgan fingerprint density at radius 2 is 2.18 bits per heavy atom. The largest absolute Gasteiger partial charge is 0.380 e. The third-order valence-electron chi connectivity index (χ3n) is 3.09. The van der Waals surface area contributed by atoms with Crippen LogP contribution in [0.2, 0.25) is 0 Å². The van der Waals surface area contributed by atoms with E-state index in [1.165, 1.54) is 0 Å². The topological polar surface area (TPSA) is 29.5 Å². The summed E-state index contributed by atoms with van der Waals surface area (Å²) in [6.45, 7) is 2.03. The number of benzene rings is 1. The number of Topliss-reactive ketones (excluding diaryl/α,β-unsaturated/α-hetero) is 1. The van der Waals surface area contributed by atoms with Gasteiger partial charge in [-0.1, -0.05) is 12.1 Å². The van der Waals surface area contributed by atoms with Gasteiger partial charge in [-0.25, -0.2) is 0 Å². The highest BCUT2D eigenvalue weighted by atomic mass is 127. The molecule has 17 heavy (non-hydrogen) atoms. The molecule has 1 aromatic rings. The van der Waals surface area contributed by atoms with Gasteiger partial charge in [0.15, 0.2) is 5.78 Å². The number of hydrogen-bond acceptors (Lipinski definition) is 3. The Labute approximate surface area is 115 Å². The molecule has 0 aromatic heterocycles. The van der Waals surface area contributed by atoms with Gasteiger partial charge in [-0.15, -0.1) is 0 Å². The maximum absolute atomic E-state index is 12.0. The molecule has 1 aromatic carbocycles. The van der Waals surface area contributed by atoms with Gasteiger partial charge in [0, 0.05) is 21.8 Å². The number of nitrogens with zero attached hydrogens (tertiary/aromatic N) is 1. The molecule has 1 unspecified atom stereocenters. The van der Waals surface area contributed by atoms with Gasteiger partial charge in [0.05, 0.1) is 13.2 Å². The van der Waals surface area contributed by atoms with Gasteiger partial charge >= 0.3 is 0 Å². The van der Waals surface area contributed by atoms with Crippen molar-refractivity contribution >= 4 is 28.4 Å². The lowest BCUT2D eigenvalue weighted by Gasteiger charge is -2.21. The molecular formula is C13H16INO2. The van der Waals surface area contributed by atoms with Gasteiger partial charge in [0.25, 0.3) is 0 Å². The number of likely N-dealkylation sites (N-methyl/N-ethyl adjacent to an activating group) is 1. The van der Waals surface area contributed by atoms with E-state index in [4.69, 9.17) is 4.74 Å². The molecule has 1 aliphatic rings. The molecular weight excluding hydrogens is 329 g/mol. The lowest BCUT2D eigenvalue weighted by Crippen LogP contribution is -2.36. The Bertz CT molecular complexity index is 385. The molecule has 1 saturated heterocycles. The van der Waals surface area contributed by atoms with Crippen molar-refractivity contribution in [3.8, 4) is 0 Å². The third kappa shape index (κ3) is 3.50. The van der Waals surface area contributed by atoms with Crippen molar-refractivity contribution in [3.63, 3.8) is 0 Å². The maximum Gasteiger partial charge on any atom is 0.176 e. The third-order valence-corrected chi connectivity index (χ3v) is 3.81. The van der Waals surface area contributed by atoms with Crippen molar-refractivity contribution in [2.45, 2.75) is 12.5 Å². The predicted octanol–water partition coefficient (Wildman–Crippen LogP) is 2.19. The Morgan fingerprint density at radius 3 is 2.76 bits per heavy atom. The van der Waals surface area contributed by atoms with Crippen LogP contribution in [0, 0.1) is 3.57 Å². The smallest absolute Gasteiger partial charge is 0.176 e. The van der Waals surface area contributed by atoms with Gasteiger partial charge in [-0.05, 0) is 48.2 Å². The van der Waals surface area contributed by atoms with Crippen LogP contribution < -0.4 is 0 Å². The lowest BCUT2D eigenvalue weighted by molar-refractivity contribution is 0.0907. The summed E-state index contributed by atoms with van der Waals surface area (Å²) in [5.41, 5.74) is 0.788. The van der Waals surface area contributed by atoms with E-state index in [1.54, 1.807) is 0 Å². The van der Waals surface area contributed by atoms with Crippen molar-refractivity contribution in [2.75, 3.05) is 26.8 Å². The van der Waals surface area contributed by atoms with Crippen LogP contribution in [0.25, 0.3) is 0 Å². The van der Waals surface area contributed by atoms with Gasteiger partial charge in [-0.3, -0.25) is 9.69 Å². The van der Waals surface area contributed by atoms with Crippen molar-refractivity contribution in [2.24, 2.45) is 0 Å². The van der Waals surface area contributed by atoms with Gasteiger partial charge < -0.3 is 4.74 Å². The van der Waals surface area contributed by atoms with E-state index in [0.717, 1.165) is 28.8 Å². The van der Waals surface area contributed by atoms with Crippen LogP contribution in [0.3, 0.4) is 0 Å². The van der Waals surface area contributed by atoms with Crippen molar-refractivity contribution in [1.82, 2.24) is 4.90 Å². The summed E-state index contributed by atoms with van der Waals surface area (Å²) >= 11 is 2.24. The number of ether oxygens (including phenoxy) is 1. The number of carbonyl (C=O) groups excluding carboxylic acids is 1. The molecule has 92 valence electrons. The molecule has 1 atom stereocenters. The summed E-state index contributed by atoms with van der Waals surface area (Å²) < 4.78 is 6.48. The van der Waals surface area contributed by atoms with E-state index in [0.29, 0.717) is 12.6 Å². The Balaban J connectivity index is 1.94. The first kappa shape index (κ1) is 13.0. The first-order chi connectivity index (χ1) is 8.16. The Hall–Kier alpha value is -0.460. The second-order valence-electron chi connectivity index (χ2n) is 4.36. The molecule has 0 saturated carbocycles. The molecule has 2 rings (SSSR count). The molecule has 0 aliphatic carbocycles. The number of ketones is 1. The highest BCUT2D eigenvalue weighted by Gasteiger charge is 2.22. The first-order valence-electron chi connectivity index (χ1n) is 5.73. The second-order valence-corrected chi connectivity index (χ2v) is 5.61. The van der Waals surface area contributed by atoms with Crippen LogP contribution in [-0.2, 0) is 4.74 Å². The van der Waals surface area contributed by atoms with Crippen molar-refractivity contribution in [3.05, 3.63) is 33.4 Å². The zero-order valence-corrected chi connectivity index (χ0v) is 12.0. The number of rotatable bonds is 4. The van der Waals surface area contributed by atoms with Gasteiger partial charge in [-0.2, -0.15) is 0 Å². The molecule has 3 nitrogen and oxygen atoms in total. The summed E-state index contributed by atoms with van der Waals surface area (Å²) in [6.07, 6.45) is 1.02. The van der Waals surface area contributed by atoms with Crippen LogP contribution in [0.15, 0.2) is 24.3 Å². The monoisotopic (exact) mass is 345 g/mol. The Kier molecular flexibility index (Phi) is 4.53. The normalized spacial score (nSPS) is 19.8. The summed E-state index contributed by atoms with van der Waals surface area (Å²) in [4.78, 5) is 14.1.